The summed E-state index contributed by atoms with van der Waals surface area (Å²) in [5.74, 6) is 5.23. The molecular weight excluding hydrogens is 565 g/mol. The topological polar surface area (TPSA) is 106 Å². The molecule has 1 aliphatic carbocycles. The maximum atomic E-state index is 11.7. The molecule has 2 heterocycles. The van der Waals surface area contributed by atoms with E-state index in [1.807, 2.05) is 97.1 Å². The number of nitrogens with two attached hydrogens (primary N) is 1. The average Bonchev–Trinajstić information content (AvgIpc) is 3.68. The molecule has 0 radical (unpaired) electrons. The van der Waals surface area contributed by atoms with Crippen LogP contribution >= 0.6 is 0 Å². The van der Waals surface area contributed by atoms with Crippen LogP contribution in [0.2, 0.25) is 0 Å². The van der Waals surface area contributed by atoms with E-state index in [9.17, 15) is 18.0 Å². The first kappa shape index (κ1) is 30.9. The van der Waals surface area contributed by atoms with Crippen LogP contribution in [0.5, 0.6) is 0 Å². The van der Waals surface area contributed by atoms with Crippen molar-refractivity contribution < 1.29 is 18.0 Å². The van der Waals surface area contributed by atoms with Gasteiger partial charge in [-0.05, 0) is 75.6 Å². The van der Waals surface area contributed by atoms with Gasteiger partial charge in [0.2, 0.25) is 5.91 Å². The number of hydrogen-bond acceptors (Lipinski definition) is 5. The molecule has 4 aromatic rings. The first-order valence-electron chi connectivity index (χ1n) is 13.8. The van der Waals surface area contributed by atoms with Crippen LogP contribution in [0.15, 0.2) is 113 Å². The minimum absolute atomic E-state index is 0.185. The van der Waals surface area contributed by atoms with E-state index in [0.717, 1.165) is 51.8 Å². The number of fused-ring (bicyclic) bond motifs is 3. The first-order valence-corrected chi connectivity index (χ1v) is 17.0. The average molecular weight is 601 g/mol. The fourth-order valence-electron chi connectivity index (χ4n) is 4.84. The van der Waals surface area contributed by atoms with Crippen molar-refractivity contribution in [3.63, 3.8) is 0 Å². The smallest absolute Gasteiger partial charge is 0.236 e. The van der Waals surface area contributed by atoms with E-state index in [-0.39, 0.29) is 12.5 Å². The molecule has 4 aromatic carbocycles. The second-order valence-corrected chi connectivity index (χ2v) is 14.1. The fraction of sp³-hybridized carbons (Fsp3) is 0.206. The number of carbonyl (C=O) groups excluding carboxylic acids is 2. The Labute approximate surface area is 250 Å². The molecule has 42 heavy (non-hydrogen) atoms. The second-order valence-electron chi connectivity index (χ2n) is 10.0. The number of rotatable bonds is 3. The van der Waals surface area contributed by atoms with Gasteiger partial charge in [0.15, 0.2) is 5.78 Å². The van der Waals surface area contributed by atoms with E-state index in [1.54, 1.807) is 0 Å². The number of amides is 1. The number of carbonyl (C=O) groups is 2. The summed E-state index contributed by atoms with van der Waals surface area (Å²) in [6.07, 6.45) is 3.57. The number of nitrogens with one attached hydrogen (secondary N) is 1. The second kappa shape index (κ2) is 14.8. The molecule has 0 bridgehead atoms. The summed E-state index contributed by atoms with van der Waals surface area (Å²) in [5.41, 5.74) is 10.5. The van der Waals surface area contributed by atoms with Crippen molar-refractivity contribution in [2.45, 2.75) is 35.5 Å². The zero-order valence-corrected chi connectivity index (χ0v) is 25.1. The lowest BCUT2D eigenvalue weighted by Crippen LogP contribution is -2.21. The molecule has 0 saturated heterocycles. The molecule has 3 aliphatic rings. The number of Topliss-reactive ketones (excluding diaryl/α,β-unsaturated/α-hetero) is 1. The van der Waals surface area contributed by atoms with E-state index >= 15 is 0 Å². The van der Waals surface area contributed by atoms with Crippen LogP contribution in [0.1, 0.15) is 33.5 Å². The zero-order valence-electron chi connectivity index (χ0n) is 23.5. The number of anilines is 1. The van der Waals surface area contributed by atoms with Crippen LogP contribution in [0.4, 0.5) is 5.69 Å². The van der Waals surface area contributed by atoms with Gasteiger partial charge in [-0.25, -0.2) is 0 Å². The van der Waals surface area contributed by atoms with Crippen LogP contribution in [0.25, 0.3) is 0 Å². The van der Waals surface area contributed by atoms with Gasteiger partial charge in [0.1, 0.15) is 0 Å². The monoisotopic (exact) mass is 600 g/mol. The molecule has 1 amide bonds. The lowest BCUT2D eigenvalue weighted by Gasteiger charge is -2.01. The Morgan fingerprint density at radius 1 is 0.786 bits per heavy atom. The number of primary amides is 1. The molecular formula is C34H36N2O4S2. The van der Waals surface area contributed by atoms with Gasteiger partial charge in [-0.2, -0.15) is 0 Å². The molecule has 3 N–H and O–H groups in total. The van der Waals surface area contributed by atoms with E-state index in [2.05, 4.69) is 17.3 Å². The summed E-state index contributed by atoms with van der Waals surface area (Å²) >= 11 is 0. The molecule has 7 rings (SSSR count). The minimum Gasteiger partial charge on any atom is -0.376 e. The molecule has 0 spiro atoms. The number of ketones is 1. The standard InChI is InChI=1S/C9H10OS.C9H8O.C8H10N2O.C8H8OS/c1-11(10)7-6-8-4-2-3-5-9(8)11;10-9-6-5-7-3-1-2-4-8(7)9;9-8(11)6-10-7-4-2-1-3-5-7;9-10-6-5-7-3-1-2-4-8(7)10/h2-5H,1,6-7H2;1-4H,5-6H2;1-5,10H,6H2,(H2,9,11);1-4H,5-6H2. The van der Waals surface area contributed by atoms with Gasteiger partial charge in [0, 0.05) is 39.0 Å². The van der Waals surface area contributed by atoms with E-state index < -0.39 is 20.3 Å². The predicted molar refractivity (Wildman–Crippen MR) is 173 cm³/mol. The number of aryl methyl sites for hydroxylation is 3. The van der Waals surface area contributed by atoms with Crippen LogP contribution in [0, 0.1) is 0 Å². The van der Waals surface area contributed by atoms with Gasteiger partial charge >= 0.3 is 0 Å². The number of hydrogen-bond donors (Lipinski definition) is 2. The van der Waals surface area contributed by atoms with Crippen LogP contribution in [-0.4, -0.2) is 44.0 Å². The Hall–Kier alpha value is -4.01. The van der Waals surface area contributed by atoms with E-state index in [0.29, 0.717) is 12.2 Å². The highest BCUT2D eigenvalue weighted by atomic mass is 32.2. The maximum Gasteiger partial charge on any atom is 0.236 e. The van der Waals surface area contributed by atoms with Gasteiger partial charge in [0.05, 0.1) is 17.3 Å². The van der Waals surface area contributed by atoms with Crippen molar-refractivity contribution in [3.8, 4) is 0 Å². The summed E-state index contributed by atoms with van der Waals surface area (Å²) in [6, 6.07) is 33.1. The van der Waals surface area contributed by atoms with Crippen molar-refractivity contribution in [1.29, 1.82) is 0 Å². The number of benzene rings is 4. The Morgan fingerprint density at radius 2 is 1.40 bits per heavy atom. The largest absolute Gasteiger partial charge is 0.376 e. The third-order valence-corrected chi connectivity index (χ3v) is 10.6. The minimum atomic E-state index is -1.91. The third-order valence-electron chi connectivity index (χ3n) is 7.03. The summed E-state index contributed by atoms with van der Waals surface area (Å²) in [6.45, 7) is 0.185. The summed E-state index contributed by atoms with van der Waals surface area (Å²) < 4.78 is 22.9. The van der Waals surface area contributed by atoms with Gasteiger partial charge in [-0.3, -0.25) is 18.0 Å². The van der Waals surface area contributed by atoms with Crippen molar-refractivity contribution >= 4 is 43.6 Å². The molecule has 2 atom stereocenters. The summed E-state index contributed by atoms with van der Waals surface area (Å²) in [7, 11) is -2.60. The highest BCUT2D eigenvalue weighted by Crippen LogP contribution is 2.25. The molecule has 218 valence electrons. The summed E-state index contributed by atoms with van der Waals surface area (Å²) in [5, 5.41) is 2.87. The quantitative estimate of drug-likeness (QED) is 0.320. The third kappa shape index (κ3) is 8.50. The van der Waals surface area contributed by atoms with Gasteiger partial charge in [0.25, 0.3) is 0 Å². The molecule has 2 aliphatic heterocycles. The van der Waals surface area contributed by atoms with Crippen LogP contribution < -0.4 is 11.1 Å². The molecule has 0 saturated carbocycles. The number of para-hydroxylation sites is 1. The van der Waals surface area contributed by atoms with Gasteiger partial charge in [-0.1, -0.05) is 78.9 Å². The highest BCUT2D eigenvalue weighted by Gasteiger charge is 2.19. The Kier molecular flexibility index (Phi) is 10.9. The predicted octanol–water partition coefficient (Wildman–Crippen LogP) is 5.07. The molecule has 6 nitrogen and oxygen atoms in total. The first-order chi connectivity index (χ1) is 20.2. The van der Waals surface area contributed by atoms with Gasteiger partial charge in [-0.15, -0.1) is 0 Å². The molecule has 0 aromatic heterocycles. The van der Waals surface area contributed by atoms with Crippen molar-refractivity contribution in [3.05, 3.63) is 125 Å². The van der Waals surface area contributed by atoms with Crippen molar-refractivity contribution in [2.24, 2.45) is 5.73 Å². The maximum absolute atomic E-state index is 11.7. The lowest BCUT2D eigenvalue weighted by atomic mass is 10.1. The zero-order chi connectivity index (χ0) is 30.0. The Morgan fingerprint density at radius 3 is 2.07 bits per heavy atom. The fourth-order valence-corrected chi connectivity index (χ4v) is 7.90. The molecule has 8 heteroatoms. The van der Waals surface area contributed by atoms with Crippen molar-refractivity contribution in [2.75, 3.05) is 23.4 Å². The lowest BCUT2D eigenvalue weighted by molar-refractivity contribution is -0.116. The SMILES string of the molecule is C=S1(=O)CCc2ccccc21.NC(=O)CNc1ccccc1.O=C1CCc2ccccc21.O=S1CCc2ccccc21. The Bertz CT molecular complexity index is 1610. The highest BCUT2D eigenvalue weighted by molar-refractivity contribution is 8.00. The van der Waals surface area contributed by atoms with Crippen molar-refractivity contribution in [1.82, 2.24) is 0 Å². The molecule has 0 fully saturated rings. The van der Waals surface area contributed by atoms with Crippen LogP contribution in [0.3, 0.4) is 0 Å². The van der Waals surface area contributed by atoms with Crippen LogP contribution in [-0.2, 0) is 44.4 Å². The van der Waals surface area contributed by atoms with Gasteiger partial charge < -0.3 is 11.1 Å². The van der Waals surface area contributed by atoms with E-state index in [1.165, 1.54) is 16.7 Å². The molecule has 2 unspecified atom stereocenters. The normalized spacial score (nSPS) is 18.9. The summed E-state index contributed by atoms with van der Waals surface area (Å²) in [4.78, 5) is 23.4. The van der Waals surface area contributed by atoms with E-state index in [4.69, 9.17) is 5.73 Å². The Balaban J connectivity index is 0.000000129.